The minimum absolute atomic E-state index is 0.118. The summed E-state index contributed by atoms with van der Waals surface area (Å²) in [5.41, 5.74) is 0.484. The van der Waals surface area contributed by atoms with Crippen LogP contribution in [-0.2, 0) is 4.74 Å². The summed E-state index contributed by atoms with van der Waals surface area (Å²) >= 11 is 3.55. The van der Waals surface area contributed by atoms with Crippen molar-refractivity contribution < 1.29 is 4.74 Å². The second-order valence-electron chi connectivity index (χ2n) is 5.54. The Morgan fingerprint density at radius 1 is 1.46 bits per heavy atom. The third kappa shape index (κ3) is 3.59. The van der Waals surface area contributed by atoms with Gasteiger partial charge in [-0.1, -0.05) is 29.8 Å². The molecule has 1 heterocycles. The van der Waals surface area contributed by atoms with Crippen molar-refractivity contribution >= 4 is 15.9 Å². The van der Waals surface area contributed by atoms with Crippen molar-refractivity contribution in [1.82, 2.24) is 0 Å². The Hall–Kier alpha value is 0.440. The number of ether oxygens (including phenoxy) is 1. The summed E-state index contributed by atoms with van der Waals surface area (Å²) in [6, 6.07) is 0. The third-order valence-electron chi connectivity index (χ3n) is 2.70. The molecule has 0 amide bonds. The smallest absolute Gasteiger partial charge is 0.0631 e. The summed E-state index contributed by atoms with van der Waals surface area (Å²) in [6.07, 6.45) is 4.07. The number of hydrogen-bond donors (Lipinski definition) is 0. The average Bonchev–Trinajstić information content (AvgIpc) is 2.29. The molecule has 0 saturated carbocycles. The third-order valence-corrected chi connectivity index (χ3v) is 4.21. The van der Waals surface area contributed by atoms with Crippen LogP contribution < -0.4 is 0 Å². The highest BCUT2D eigenvalue weighted by molar-refractivity contribution is 9.09. The standard InChI is InChI=1S/C11H21BrO/c1-10(2,8-12)7-9-5-6-11(3,4)13-9/h9H,5-8H2,1-4H3. The molecular weight excluding hydrogens is 228 g/mol. The van der Waals surface area contributed by atoms with Gasteiger partial charge in [0.1, 0.15) is 0 Å². The Morgan fingerprint density at radius 2 is 2.08 bits per heavy atom. The maximum Gasteiger partial charge on any atom is 0.0631 e. The summed E-state index contributed by atoms with van der Waals surface area (Å²) in [7, 11) is 0. The highest BCUT2D eigenvalue weighted by Crippen LogP contribution is 2.36. The van der Waals surface area contributed by atoms with Crippen LogP contribution >= 0.6 is 15.9 Å². The SMILES string of the molecule is CC(C)(CBr)CC1CCC(C)(C)O1. The Morgan fingerprint density at radius 3 is 2.46 bits per heavy atom. The van der Waals surface area contributed by atoms with E-state index in [0.29, 0.717) is 11.5 Å². The molecule has 0 bridgehead atoms. The molecule has 0 aliphatic carbocycles. The molecule has 0 spiro atoms. The van der Waals surface area contributed by atoms with Crippen LogP contribution in [-0.4, -0.2) is 17.0 Å². The molecule has 1 nitrogen and oxygen atoms in total. The fourth-order valence-corrected chi connectivity index (χ4v) is 2.12. The summed E-state index contributed by atoms with van der Waals surface area (Å²) in [5.74, 6) is 0. The van der Waals surface area contributed by atoms with Crippen molar-refractivity contribution in [3.63, 3.8) is 0 Å². The highest BCUT2D eigenvalue weighted by Gasteiger charge is 2.34. The first-order chi connectivity index (χ1) is 5.85. The largest absolute Gasteiger partial charge is 0.372 e. The Balaban J connectivity index is 2.40. The topological polar surface area (TPSA) is 9.23 Å². The minimum Gasteiger partial charge on any atom is -0.372 e. The van der Waals surface area contributed by atoms with Crippen LogP contribution in [0.25, 0.3) is 0 Å². The molecule has 0 aromatic heterocycles. The van der Waals surface area contributed by atoms with E-state index in [-0.39, 0.29) is 5.60 Å². The van der Waals surface area contributed by atoms with Crippen molar-refractivity contribution in [2.24, 2.45) is 5.41 Å². The predicted octanol–water partition coefficient (Wildman–Crippen LogP) is 3.76. The normalized spacial score (nSPS) is 27.9. The van der Waals surface area contributed by atoms with Gasteiger partial charge < -0.3 is 4.74 Å². The molecule has 78 valence electrons. The Kier molecular flexibility index (Phi) is 3.45. The van der Waals surface area contributed by atoms with Gasteiger partial charge in [-0.05, 0) is 38.5 Å². The van der Waals surface area contributed by atoms with E-state index in [2.05, 4.69) is 43.6 Å². The first kappa shape index (κ1) is 11.5. The Bertz CT molecular complexity index is 175. The average molecular weight is 249 g/mol. The molecular formula is C11H21BrO. The van der Waals surface area contributed by atoms with Crippen LogP contribution in [0.15, 0.2) is 0 Å². The molecule has 1 aliphatic rings. The fourth-order valence-electron chi connectivity index (χ4n) is 1.89. The van der Waals surface area contributed by atoms with E-state index >= 15 is 0 Å². The number of halogens is 1. The van der Waals surface area contributed by atoms with Crippen LogP contribution in [0.5, 0.6) is 0 Å². The highest BCUT2D eigenvalue weighted by atomic mass is 79.9. The van der Waals surface area contributed by atoms with E-state index < -0.39 is 0 Å². The molecule has 0 N–H and O–H groups in total. The summed E-state index contributed by atoms with van der Waals surface area (Å²) in [6.45, 7) is 8.95. The molecule has 0 aromatic rings. The van der Waals surface area contributed by atoms with Gasteiger partial charge in [0, 0.05) is 5.33 Å². The first-order valence-electron chi connectivity index (χ1n) is 5.08. The van der Waals surface area contributed by atoms with Gasteiger partial charge in [0.05, 0.1) is 11.7 Å². The molecule has 1 rings (SSSR count). The van der Waals surface area contributed by atoms with Crippen LogP contribution in [0, 0.1) is 5.41 Å². The second-order valence-corrected chi connectivity index (χ2v) is 6.10. The summed E-state index contributed by atoms with van der Waals surface area (Å²) in [4.78, 5) is 0. The van der Waals surface area contributed by atoms with Crippen molar-refractivity contribution in [1.29, 1.82) is 0 Å². The molecule has 1 atom stereocenters. The first-order valence-corrected chi connectivity index (χ1v) is 6.21. The molecule has 1 aliphatic heterocycles. The summed E-state index contributed by atoms with van der Waals surface area (Å²) in [5, 5.41) is 1.06. The second kappa shape index (κ2) is 3.90. The summed E-state index contributed by atoms with van der Waals surface area (Å²) < 4.78 is 5.97. The molecule has 2 heteroatoms. The lowest BCUT2D eigenvalue weighted by Crippen LogP contribution is -2.25. The zero-order valence-electron chi connectivity index (χ0n) is 9.19. The van der Waals surface area contributed by atoms with Gasteiger partial charge in [0.2, 0.25) is 0 Å². The zero-order valence-corrected chi connectivity index (χ0v) is 10.8. The molecule has 0 aromatic carbocycles. The number of alkyl halides is 1. The van der Waals surface area contributed by atoms with Gasteiger partial charge in [-0.15, -0.1) is 0 Å². The molecule has 13 heavy (non-hydrogen) atoms. The predicted molar refractivity (Wildman–Crippen MR) is 60.4 cm³/mol. The van der Waals surface area contributed by atoms with Crippen molar-refractivity contribution in [3.8, 4) is 0 Å². The lowest BCUT2D eigenvalue weighted by molar-refractivity contribution is -0.0295. The molecule has 0 radical (unpaired) electrons. The monoisotopic (exact) mass is 248 g/mol. The van der Waals surface area contributed by atoms with E-state index in [9.17, 15) is 0 Å². The van der Waals surface area contributed by atoms with Crippen molar-refractivity contribution in [3.05, 3.63) is 0 Å². The zero-order chi connectivity index (χ0) is 10.1. The lowest BCUT2D eigenvalue weighted by Gasteiger charge is -2.27. The lowest BCUT2D eigenvalue weighted by atomic mass is 9.88. The van der Waals surface area contributed by atoms with Gasteiger partial charge in [0.25, 0.3) is 0 Å². The van der Waals surface area contributed by atoms with Crippen LogP contribution in [0.4, 0.5) is 0 Å². The molecule has 1 fully saturated rings. The molecule has 1 unspecified atom stereocenters. The minimum atomic E-state index is 0.118. The van der Waals surface area contributed by atoms with Gasteiger partial charge in [-0.3, -0.25) is 0 Å². The van der Waals surface area contributed by atoms with E-state index in [4.69, 9.17) is 4.74 Å². The van der Waals surface area contributed by atoms with Gasteiger partial charge in [-0.2, -0.15) is 0 Å². The van der Waals surface area contributed by atoms with Crippen molar-refractivity contribution in [2.45, 2.75) is 58.7 Å². The fraction of sp³-hybridized carbons (Fsp3) is 1.00. The van der Waals surface area contributed by atoms with E-state index in [1.807, 2.05) is 0 Å². The van der Waals surface area contributed by atoms with Crippen LogP contribution in [0.1, 0.15) is 47.0 Å². The van der Waals surface area contributed by atoms with E-state index in [1.54, 1.807) is 0 Å². The quantitative estimate of drug-likeness (QED) is 0.692. The van der Waals surface area contributed by atoms with E-state index in [0.717, 1.165) is 5.33 Å². The number of hydrogen-bond acceptors (Lipinski definition) is 1. The van der Waals surface area contributed by atoms with Crippen LogP contribution in [0.3, 0.4) is 0 Å². The van der Waals surface area contributed by atoms with Gasteiger partial charge in [0.15, 0.2) is 0 Å². The van der Waals surface area contributed by atoms with Crippen LogP contribution in [0.2, 0.25) is 0 Å². The van der Waals surface area contributed by atoms with E-state index in [1.165, 1.54) is 19.3 Å². The molecule has 1 saturated heterocycles. The van der Waals surface area contributed by atoms with Crippen molar-refractivity contribution in [2.75, 3.05) is 5.33 Å². The maximum atomic E-state index is 5.97. The van der Waals surface area contributed by atoms with Gasteiger partial charge in [-0.25, -0.2) is 0 Å². The number of rotatable bonds is 3. The Labute approximate surface area is 90.4 Å². The van der Waals surface area contributed by atoms with Gasteiger partial charge >= 0.3 is 0 Å². The maximum absolute atomic E-state index is 5.97.